The second-order valence-corrected chi connectivity index (χ2v) is 7.40. The second kappa shape index (κ2) is 11.2. The number of piperidine rings is 1. The molecular formula is C19H33BN2O4. The third kappa shape index (κ3) is 7.38. The summed E-state index contributed by atoms with van der Waals surface area (Å²) in [6.07, 6.45) is 2.90. The number of nitrogens with zero attached hydrogens (tertiary/aromatic N) is 1. The minimum absolute atomic E-state index is 0.0245. The van der Waals surface area contributed by atoms with Crippen molar-refractivity contribution in [2.24, 2.45) is 11.8 Å². The van der Waals surface area contributed by atoms with Gasteiger partial charge in [0.2, 0.25) is 11.8 Å². The van der Waals surface area contributed by atoms with Gasteiger partial charge >= 0.3 is 5.97 Å². The van der Waals surface area contributed by atoms with E-state index in [4.69, 9.17) is 12.6 Å². The van der Waals surface area contributed by atoms with Crippen LogP contribution in [-0.2, 0) is 19.1 Å². The van der Waals surface area contributed by atoms with Gasteiger partial charge in [-0.15, -0.1) is 0 Å². The molecule has 2 amide bonds. The quantitative estimate of drug-likeness (QED) is 0.502. The lowest BCUT2D eigenvalue weighted by Crippen LogP contribution is -2.42. The van der Waals surface area contributed by atoms with Gasteiger partial charge < -0.3 is 15.0 Å². The van der Waals surface area contributed by atoms with E-state index in [1.807, 2.05) is 13.8 Å². The van der Waals surface area contributed by atoms with Gasteiger partial charge in [0.1, 0.15) is 6.10 Å². The molecule has 1 saturated heterocycles. The number of ether oxygens (including phenoxy) is 1. The normalized spacial score (nSPS) is 18.7. The third-order valence-electron chi connectivity index (χ3n) is 5.17. The molecule has 3 atom stereocenters. The van der Waals surface area contributed by atoms with Crippen LogP contribution in [0.1, 0.15) is 59.3 Å². The predicted molar refractivity (Wildman–Crippen MR) is 102 cm³/mol. The summed E-state index contributed by atoms with van der Waals surface area (Å²) in [4.78, 5) is 37.8. The van der Waals surface area contributed by atoms with Crippen LogP contribution in [0.25, 0.3) is 0 Å². The summed E-state index contributed by atoms with van der Waals surface area (Å²) < 4.78 is 5.57. The SMILES string of the molecule is [B][C@H](C)C[C@@H](OC(=O)CCC(=O)N1CCC(C(=O)NC)CC1)[C@H](C)CC. The molecule has 1 aliphatic rings. The minimum Gasteiger partial charge on any atom is -0.462 e. The standard InChI is InChI=1S/C19H33BN2O4/c1-5-13(2)16(12-14(3)20)26-18(24)7-6-17(23)22-10-8-15(9-11-22)19(25)21-4/h13-16H,5-12H2,1-4H3,(H,21,25)/t13-,14-,16-/m1/s1. The molecule has 0 saturated carbocycles. The van der Waals surface area contributed by atoms with Crippen molar-refractivity contribution in [3.05, 3.63) is 0 Å². The number of amides is 2. The number of hydrogen-bond donors (Lipinski definition) is 1. The Labute approximate surface area is 158 Å². The Morgan fingerprint density at radius 3 is 2.31 bits per heavy atom. The van der Waals surface area contributed by atoms with Crippen molar-refractivity contribution >= 4 is 25.6 Å². The molecular weight excluding hydrogens is 331 g/mol. The average Bonchev–Trinajstić information content (AvgIpc) is 2.63. The van der Waals surface area contributed by atoms with Crippen LogP contribution in [0.2, 0.25) is 5.82 Å². The van der Waals surface area contributed by atoms with E-state index in [-0.39, 0.29) is 54.4 Å². The Kier molecular flexibility index (Phi) is 9.74. The van der Waals surface area contributed by atoms with Crippen molar-refractivity contribution in [3.63, 3.8) is 0 Å². The van der Waals surface area contributed by atoms with Crippen molar-refractivity contribution in [1.82, 2.24) is 10.2 Å². The maximum Gasteiger partial charge on any atom is 0.306 e. The smallest absolute Gasteiger partial charge is 0.306 e. The Morgan fingerprint density at radius 1 is 1.19 bits per heavy atom. The fraction of sp³-hybridized carbons (Fsp3) is 0.842. The lowest BCUT2D eigenvalue weighted by Gasteiger charge is -2.31. The molecule has 1 heterocycles. The van der Waals surface area contributed by atoms with Gasteiger partial charge in [-0.1, -0.05) is 33.0 Å². The van der Waals surface area contributed by atoms with E-state index in [0.717, 1.165) is 6.42 Å². The number of esters is 1. The van der Waals surface area contributed by atoms with E-state index < -0.39 is 0 Å². The Balaban J connectivity index is 2.39. The van der Waals surface area contributed by atoms with Gasteiger partial charge in [0.05, 0.1) is 14.3 Å². The van der Waals surface area contributed by atoms with Gasteiger partial charge in [-0.2, -0.15) is 0 Å². The molecule has 1 fully saturated rings. The summed E-state index contributed by atoms with van der Waals surface area (Å²) in [6, 6.07) is 0. The van der Waals surface area contributed by atoms with Crippen molar-refractivity contribution in [3.8, 4) is 0 Å². The third-order valence-corrected chi connectivity index (χ3v) is 5.17. The molecule has 0 aromatic carbocycles. The van der Waals surface area contributed by atoms with Gasteiger partial charge in [0.15, 0.2) is 0 Å². The molecule has 0 spiro atoms. The van der Waals surface area contributed by atoms with E-state index >= 15 is 0 Å². The molecule has 26 heavy (non-hydrogen) atoms. The first-order valence-corrected chi connectivity index (χ1v) is 9.72. The highest BCUT2D eigenvalue weighted by Gasteiger charge is 2.27. The van der Waals surface area contributed by atoms with E-state index in [2.05, 4.69) is 12.2 Å². The molecule has 1 aliphatic heterocycles. The largest absolute Gasteiger partial charge is 0.462 e. The fourth-order valence-corrected chi connectivity index (χ4v) is 3.22. The molecule has 1 N–H and O–H groups in total. The minimum atomic E-state index is -0.343. The highest BCUT2D eigenvalue weighted by molar-refractivity contribution is 6.11. The molecule has 6 nitrogen and oxygen atoms in total. The van der Waals surface area contributed by atoms with E-state index in [1.54, 1.807) is 11.9 Å². The first-order chi connectivity index (χ1) is 12.3. The van der Waals surface area contributed by atoms with Crippen LogP contribution in [-0.4, -0.2) is 56.8 Å². The summed E-state index contributed by atoms with van der Waals surface area (Å²) in [5.74, 6) is -0.182. The number of nitrogens with one attached hydrogen (secondary N) is 1. The summed E-state index contributed by atoms with van der Waals surface area (Å²) in [6.45, 7) is 7.12. The van der Waals surface area contributed by atoms with E-state index in [9.17, 15) is 14.4 Å². The van der Waals surface area contributed by atoms with Gasteiger partial charge in [0.25, 0.3) is 0 Å². The number of carbonyl (C=O) groups excluding carboxylic acids is 3. The first kappa shape index (κ1) is 22.5. The zero-order valence-corrected chi connectivity index (χ0v) is 16.6. The molecule has 0 bridgehead atoms. The predicted octanol–water partition coefficient (Wildman–Crippen LogP) is 2.08. The van der Waals surface area contributed by atoms with Gasteiger partial charge in [-0.3, -0.25) is 14.4 Å². The summed E-state index contributed by atoms with van der Waals surface area (Å²) in [5, 5.41) is 2.65. The van der Waals surface area contributed by atoms with Crippen LogP contribution in [0.3, 0.4) is 0 Å². The number of likely N-dealkylation sites (tertiary alicyclic amines) is 1. The van der Waals surface area contributed by atoms with Crippen LogP contribution < -0.4 is 5.32 Å². The lowest BCUT2D eigenvalue weighted by atomic mass is 9.81. The zero-order valence-electron chi connectivity index (χ0n) is 16.6. The molecule has 0 aliphatic carbocycles. The summed E-state index contributed by atoms with van der Waals surface area (Å²) in [7, 11) is 7.47. The molecule has 2 radical (unpaired) electrons. The zero-order chi connectivity index (χ0) is 19.7. The Morgan fingerprint density at radius 2 is 1.81 bits per heavy atom. The monoisotopic (exact) mass is 364 g/mol. The van der Waals surface area contributed by atoms with Gasteiger partial charge in [-0.25, -0.2) is 0 Å². The molecule has 7 heteroatoms. The first-order valence-electron chi connectivity index (χ1n) is 9.72. The second-order valence-electron chi connectivity index (χ2n) is 7.40. The Hall–Kier alpha value is -1.53. The Bertz CT molecular complexity index is 476. The molecule has 146 valence electrons. The average molecular weight is 364 g/mol. The highest BCUT2D eigenvalue weighted by Crippen LogP contribution is 2.22. The summed E-state index contributed by atoms with van der Waals surface area (Å²) in [5.41, 5.74) is 0. The molecule has 0 aromatic heterocycles. The van der Waals surface area contributed by atoms with Crippen molar-refractivity contribution in [1.29, 1.82) is 0 Å². The summed E-state index contributed by atoms with van der Waals surface area (Å²) >= 11 is 0. The van der Waals surface area contributed by atoms with Crippen LogP contribution >= 0.6 is 0 Å². The maximum absolute atomic E-state index is 12.3. The number of rotatable bonds is 9. The topological polar surface area (TPSA) is 75.7 Å². The van der Waals surface area contributed by atoms with E-state index in [1.165, 1.54) is 0 Å². The van der Waals surface area contributed by atoms with Gasteiger partial charge in [-0.05, 0) is 25.2 Å². The van der Waals surface area contributed by atoms with Crippen LogP contribution in [0.5, 0.6) is 0 Å². The molecule has 1 rings (SSSR count). The lowest BCUT2D eigenvalue weighted by molar-refractivity contribution is -0.153. The fourth-order valence-electron chi connectivity index (χ4n) is 3.22. The maximum atomic E-state index is 12.3. The van der Waals surface area contributed by atoms with Crippen LogP contribution in [0.15, 0.2) is 0 Å². The highest BCUT2D eigenvalue weighted by atomic mass is 16.5. The van der Waals surface area contributed by atoms with Crippen molar-refractivity contribution < 1.29 is 19.1 Å². The van der Waals surface area contributed by atoms with Crippen molar-refractivity contribution in [2.75, 3.05) is 20.1 Å². The molecule has 0 aromatic rings. The number of carbonyl (C=O) groups is 3. The molecule has 0 unspecified atom stereocenters. The van der Waals surface area contributed by atoms with Crippen LogP contribution in [0, 0.1) is 11.8 Å². The van der Waals surface area contributed by atoms with E-state index in [0.29, 0.717) is 32.4 Å². The van der Waals surface area contributed by atoms with Gasteiger partial charge in [0, 0.05) is 32.5 Å². The number of hydrogen-bond acceptors (Lipinski definition) is 4. The van der Waals surface area contributed by atoms with Crippen molar-refractivity contribution in [2.45, 2.75) is 71.2 Å². The van der Waals surface area contributed by atoms with Crippen LogP contribution in [0.4, 0.5) is 0 Å².